The monoisotopic (exact) mass is 1220 g/mol. The van der Waals surface area contributed by atoms with Gasteiger partial charge in [0.15, 0.2) is 0 Å². The number of nitrogens with zero attached hydrogens (tertiary/aromatic N) is 6. The Kier molecular flexibility index (Phi) is 26.6. The van der Waals surface area contributed by atoms with Gasteiger partial charge in [0, 0.05) is 88.9 Å². The molecule has 83 heavy (non-hydrogen) atoms. The summed E-state index contributed by atoms with van der Waals surface area (Å²) in [6.45, 7) is 6.72. The highest BCUT2D eigenvalue weighted by molar-refractivity contribution is 6.36. The van der Waals surface area contributed by atoms with Gasteiger partial charge in [0.05, 0.1) is 47.4 Å². The van der Waals surface area contributed by atoms with E-state index in [1.807, 2.05) is 120 Å². The van der Waals surface area contributed by atoms with Crippen molar-refractivity contribution in [2.24, 2.45) is 5.73 Å². The summed E-state index contributed by atoms with van der Waals surface area (Å²) in [7, 11) is 2.60. The molecule has 432 valence electrons. The van der Waals surface area contributed by atoms with Gasteiger partial charge in [-0.25, -0.2) is 34.3 Å². The Morgan fingerprint density at radius 2 is 0.880 bits per heavy atom. The molecule has 1 aliphatic rings. The normalized spacial score (nSPS) is 11.2. The number of carbonyl (C=O) groups excluding carboxylic acids is 4. The number of methoxy groups -OCH3 is 2. The Labute approximate surface area is 504 Å². The van der Waals surface area contributed by atoms with Crippen molar-refractivity contribution in [3.8, 4) is 0 Å². The number of halogens is 5. The predicted molar refractivity (Wildman–Crippen MR) is 327 cm³/mol. The quantitative estimate of drug-likeness (QED) is 0.0335. The summed E-state index contributed by atoms with van der Waals surface area (Å²) in [4.78, 5) is 75.3. The molecule has 2 amide bonds. The van der Waals surface area contributed by atoms with Crippen LogP contribution in [0.3, 0.4) is 0 Å². The summed E-state index contributed by atoms with van der Waals surface area (Å²) in [5.41, 5.74) is 18.8. The van der Waals surface area contributed by atoms with E-state index in [9.17, 15) is 24.0 Å². The summed E-state index contributed by atoms with van der Waals surface area (Å²) in [5, 5.41) is 19.7. The topological polar surface area (TPSA) is 270 Å². The minimum Gasteiger partial charge on any atom is -0.478 e. The smallest absolute Gasteiger partial charge is 0.341 e. The number of hydrogen-bond acceptors (Lipinski definition) is 16. The van der Waals surface area contributed by atoms with Gasteiger partial charge in [0.1, 0.15) is 31.7 Å². The first kappa shape index (κ1) is 65.1. The highest BCUT2D eigenvalue weighted by atomic mass is 35.5. The fourth-order valence-corrected chi connectivity index (χ4v) is 8.30. The molecule has 8 N–H and O–H groups in total. The van der Waals surface area contributed by atoms with Crippen LogP contribution < -0.4 is 32.3 Å². The van der Waals surface area contributed by atoms with Crippen molar-refractivity contribution in [2.75, 3.05) is 67.0 Å². The molecule has 1 aliphatic heterocycles. The van der Waals surface area contributed by atoms with Crippen LogP contribution in [0.4, 0.5) is 28.4 Å². The third kappa shape index (κ3) is 21.9. The molecule has 1 saturated heterocycles. The van der Waals surface area contributed by atoms with Crippen molar-refractivity contribution in [3.05, 3.63) is 229 Å². The number of nitrogens with one attached hydrogen (secondary N) is 3. The lowest BCUT2D eigenvalue weighted by Gasteiger charge is -2.35. The van der Waals surface area contributed by atoms with Gasteiger partial charge in [0.25, 0.3) is 5.91 Å². The summed E-state index contributed by atoms with van der Waals surface area (Å²) >= 11 is 28.6. The molecule has 0 radical (unpaired) electrons. The average molecular weight is 1230 g/mol. The zero-order valence-corrected chi connectivity index (χ0v) is 48.9. The van der Waals surface area contributed by atoms with E-state index in [4.69, 9.17) is 79.3 Å². The standard InChI is InChI=1S/C14H13ClN2O2.C13H12ClN3O.C13H11ClN2O2.C12H17N3O.C7H5Cl2NO2/c1-19-14(18)11-9-17-13(15)7-12(11)16-8-10-5-3-2-4-6-10;14-12-6-11(10(8-17-12)13(15)18)16-7-9-4-2-1-3-5-9;14-12-6-11(10(8-16-12)13(17)18)15-7-9-4-2-1-3-5-9;1-10(16)14-6-8-15(9-7-14)12-4-2-11(13)3-5-12;1-12-7(11)4-3-10-6(9)2-5(4)8/h2-7,9H,8H2,1H3,(H,16,17);1-6,8H,7H2,(H2,15,18)(H,16,17);1-6,8H,7H2,(H,15,16)(H,17,18);2-5H,6-9,13H2,1H3;2-3H,1H3. The minimum atomic E-state index is -1.03. The van der Waals surface area contributed by atoms with Gasteiger partial charge >= 0.3 is 17.9 Å². The van der Waals surface area contributed by atoms with Crippen LogP contribution in [-0.4, -0.2) is 100 Å². The van der Waals surface area contributed by atoms with Gasteiger partial charge < -0.3 is 51.8 Å². The first-order valence-corrected chi connectivity index (χ1v) is 26.9. The van der Waals surface area contributed by atoms with Crippen LogP contribution >= 0.6 is 58.0 Å². The third-order valence-corrected chi connectivity index (χ3v) is 12.8. The number of carbonyl (C=O) groups is 5. The maximum absolute atomic E-state index is 11.6. The SMILES string of the molecule is CC(=O)N1CCN(c2ccc(N)cc2)CC1.COC(=O)c1cnc(Cl)cc1Cl.COC(=O)c1cnc(Cl)cc1NCc1ccccc1.NC(=O)c1cnc(Cl)cc1NCc1ccccc1.O=C(O)c1cnc(Cl)cc1NCc1ccccc1. The van der Waals surface area contributed by atoms with Crippen molar-refractivity contribution in [3.63, 3.8) is 0 Å². The summed E-state index contributed by atoms with van der Waals surface area (Å²) in [5.74, 6) is -2.37. The van der Waals surface area contributed by atoms with E-state index in [0.717, 1.165) is 48.6 Å². The number of ether oxygens (including phenoxy) is 2. The van der Waals surface area contributed by atoms with Gasteiger partial charge in [-0.1, -0.05) is 149 Å². The first-order valence-electron chi connectivity index (χ1n) is 25.0. The van der Waals surface area contributed by atoms with Crippen LogP contribution in [0.2, 0.25) is 25.6 Å². The van der Waals surface area contributed by atoms with Crippen LogP contribution in [0.1, 0.15) is 65.0 Å². The van der Waals surface area contributed by atoms with Gasteiger partial charge in [-0.2, -0.15) is 0 Å². The van der Waals surface area contributed by atoms with E-state index in [1.54, 1.807) is 19.1 Å². The molecule has 0 aliphatic carbocycles. The molecule has 0 spiro atoms. The number of piperazine rings is 1. The zero-order chi connectivity index (χ0) is 60.3. The Balaban J connectivity index is 0.000000191. The molecule has 0 unspecified atom stereocenters. The molecule has 0 atom stereocenters. The summed E-state index contributed by atoms with van der Waals surface area (Å²) in [6.07, 6.45) is 5.30. The lowest BCUT2D eigenvalue weighted by Crippen LogP contribution is -2.48. The molecule has 4 aromatic heterocycles. The predicted octanol–water partition coefficient (Wildman–Crippen LogP) is 11.7. The Bertz CT molecular complexity index is 3300. The number of hydrogen-bond donors (Lipinski definition) is 6. The number of esters is 2. The first-order chi connectivity index (χ1) is 39.8. The number of aromatic nitrogens is 4. The molecule has 5 heterocycles. The van der Waals surface area contributed by atoms with Gasteiger partial charge in [0.2, 0.25) is 5.91 Å². The minimum absolute atomic E-state index is 0.107. The number of carboxylic acid groups (broad SMARTS) is 1. The van der Waals surface area contributed by atoms with E-state index >= 15 is 0 Å². The number of carboxylic acids is 1. The van der Waals surface area contributed by atoms with Crippen LogP contribution in [0.5, 0.6) is 0 Å². The molecular weight excluding hydrogens is 1170 g/mol. The molecule has 8 aromatic rings. The Hall–Kier alpha value is -8.72. The fraction of sp³-hybridized carbons (Fsp3) is 0.169. The molecule has 1 fully saturated rings. The third-order valence-electron chi connectivity index (χ3n) is 11.7. The molecule has 24 heteroatoms. The largest absolute Gasteiger partial charge is 0.478 e. The number of nitrogens with two attached hydrogens (primary N) is 2. The maximum atomic E-state index is 11.6. The van der Waals surface area contributed by atoms with Crippen LogP contribution in [0, 0.1) is 0 Å². The van der Waals surface area contributed by atoms with Crippen molar-refractivity contribution in [1.29, 1.82) is 0 Å². The molecule has 0 saturated carbocycles. The van der Waals surface area contributed by atoms with Crippen molar-refractivity contribution in [1.82, 2.24) is 24.8 Å². The molecule has 9 rings (SSSR count). The maximum Gasteiger partial charge on any atom is 0.341 e. The number of anilines is 5. The van der Waals surface area contributed by atoms with Crippen LogP contribution in [-0.2, 0) is 33.9 Å². The number of aromatic carboxylic acids is 1. The van der Waals surface area contributed by atoms with E-state index in [1.165, 1.54) is 56.8 Å². The number of benzene rings is 4. The van der Waals surface area contributed by atoms with Crippen molar-refractivity contribution < 1.29 is 38.6 Å². The van der Waals surface area contributed by atoms with E-state index < -0.39 is 23.8 Å². The Morgan fingerprint density at radius 3 is 1.27 bits per heavy atom. The lowest BCUT2D eigenvalue weighted by atomic mass is 10.2. The van der Waals surface area contributed by atoms with Gasteiger partial charge in [-0.3, -0.25) is 9.59 Å². The van der Waals surface area contributed by atoms with Crippen LogP contribution in [0.25, 0.3) is 0 Å². The molecule has 19 nitrogen and oxygen atoms in total. The van der Waals surface area contributed by atoms with E-state index in [-0.39, 0.29) is 32.4 Å². The zero-order valence-electron chi connectivity index (χ0n) is 45.1. The number of rotatable bonds is 14. The van der Waals surface area contributed by atoms with Crippen molar-refractivity contribution in [2.45, 2.75) is 26.6 Å². The van der Waals surface area contributed by atoms with E-state index in [0.29, 0.717) is 58.1 Å². The second kappa shape index (κ2) is 33.9. The van der Waals surface area contributed by atoms with E-state index in [2.05, 4.69) is 45.5 Å². The highest BCUT2D eigenvalue weighted by Gasteiger charge is 2.19. The fourth-order valence-electron chi connectivity index (χ4n) is 7.38. The number of nitrogen functional groups attached to an aromatic ring is 1. The highest BCUT2D eigenvalue weighted by Crippen LogP contribution is 2.24. The average Bonchev–Trinajstić information content (AvgIpc) is 3.49. The van der Waals surface area contributed by atoms with Gasteiger partial charge in [-0.15, -0.1) is 0 Å². The molecular formula is C59H58Cl5N11O8. The summed E-state index contributed by atoms with van der Waals surface area (Å²) < 4.78 is 9.16. The molecule has 4 aromatic carbocycles. The number of pyridine rings is 4. The second-order valence-corrected chi connectivity index (χ2v) is 19.4. The Morgan fingerprint density at radius 1 is 0.518 bits per heavy atom. The second-order valence-electron chi connectivity index (χ2n) is 17.4. The number of primary amides is 1. The van der Waals surface area contributed by atoms with Crippen LogP contribution in [0.15, 0.2) is 164 Å². The van der Waals surface area contributed by atoms with Crippen molar-refractivity contribution >= 4 is 116 Å². The number of amides is 2. The van der Waals surface area contributed by atoms with Gasteiger partial charge in [-0.05, 0) is 65.2 Å². The molecule has 0 bridgehead atoms. The lowest BCUT2D eigenvalue weighted by molar-refractivity contribution is -0.129. The summed E-state index contributed by atoms with van der Waals surface area (Å²) in [6, 6.07) is 43.3.